The van der Waals surface area contributed by atoms with E-state index in [4.69, 9.17) is 0 Å². The lowest BCUT2D eigenvalue weighted by Gasteiger charge is -2.39. The molecule has 0 atom stereocenters. The third-order valence-electron chi connectivity index (χ3n) is 4.93. The van der Waals surface area contributed by atoms with Crippen LogP contribution >= 0.6 is 0 Å². The molecule has 0 saturated heterocycles. The van der Waals surface area contributed by atoms with E-state index >= 15 is 0 Å². The van der Waals surface area contributed by atoms with Gasteiger partial charge in [0.05, 0.1) is 0 Å². The minimum absolute atomic E-state index is 0.325. The SMILES string of the molecule is C/C=C(\C=C/C[B]CC(C)(C)C(C)(C)C)c1ccncc1C. The lowest BCUT2D eigenvalue weighted by Crippen LogP contribution is -2.30. The van der Waals surface area contributed by atoms with Crippen LogP contribution in [0, 0.1) is 17.8 Å². The summed E-state index contributed by atoms with van der Waals surface area (Å²) in [6.07, 6.45) is 12.6. The molecule has 22 heavy (non-hydrogen) atoms. The molecule has 2 heteroatoms. The summed E-state index contributed by atoms with van der Waals surface area (Å²) in [7, 11) is 2.40. The third-order valence-corrected chi connectivity index (χ3v) is 4.93. The van der Waals surface area contributed by atoms with Gasteiger partial charge in [0.1, 0.15) is 7.28 Å². The second kappa shape index (κ2) is 7.81. The number of aromatic nitrogens is 1. The fraction of sp³-hybridized carbons (Fsp3) is 0.550. The van der Waals surface area contributed by atoms with Crippen molar-refractivity contribution in [3.8, 4) is 0 Å². The predicted octanol–water partition coefficient (Wildman–Crippen LogP) is 5.96. The van der Waals surface area contributed by atoms with E-state index in [2.05, 4.69) is 85.0 Å². The lowest BCUT2D eigenvalue weighted by molar-refractivity contribution is 0.156. The van der Waals surface area contributed by atoms with Crippen molar-refractivity contribution < 1.29 is 0 Å². The Kier molecular flexibility index (Phi) is 6.65. The maximum atomic E-state index is 4.16. The maximum Gasteiger partial charge on any atom is 0.115 e. The molecule has 0 unspecified atom stereocenters. The molecule has 1 nitrogen and oxygen atoms in total. The average Bonchev–Trinajstić information content (AvgIpc) is 2.42. The quantitative estimate of drug-likeness (QED) is 0.358. The van der Waals surface area contributed by atoms with Gasteiger partial charge in [-0.3, -0.25) is 4.98 Å². The van der Waals surface area contributed by atoms with Gasteiger partial charge >= 0.3 is 0 Å². The molecule has 0 aliphatic carbocycles. The third kappa shape index (κ3) is 5.16. The van der Waals surface area contributed by atoms with Crippen LogP contribution in [0.2, 0.25) is 12.6 Å². The van der Waals surface area contributed by atoms with Gasteiger partial charge in [0.15, 0.2) is 0 Å². The minimum atomic E-state index is 0.325. The smallest absolute Gasteiger partial charge is 0.115 e. The van der Waals surface area contributed by atoms with Crippen molar-refractivity contribution in [1.82, 2.24) is 4.98 Å². The number of pyridine rings is 1. The zero-order valence-corrected chi connectivity index (χ0v) is 15.4. The summed E-state index contributed by atoms with van der Waals surface area (Å²) in [5, 5.41) is 0. The Morgan fingerprint density at radius 1 is 1.23 bits per heavy atom. The van der Waals surface area contributed by atoms with Crippen LogP contribution in [0.3, 0.4) is 0 Å². The molecule has 0 fully saturated rings. The Balaban J connectivity index is 2.58. The number of nitrogens with zero attached hydrogens (tertiary/aromatic N) is 1. The van der Waals surface area contributed by atoms with Crippen molar-refractivity contribution >= 4 is 12.9 Å². The highest BCUT2D eigenvalue weighted by Gasteiger charge is 2.31. The Hall–Kier alpha value is -1.31. The first-order valence-corrected chi connectivity index (χ1v) is 8.24. The Bertz CT molecular complexity index is 533. The number of hydrogen-bond donors (Lipinski definition) is 0. The minimum Gasteiger partial charge on any atom is -0.264 e. The topological polar surface area (TPSA) is 12.9 Å². The average molecular weight is 296 g/mol. The summed E-state index contributed by atoms with van der Waals surface area (Å²) in [6, 6.07) is 2.08. The second-order valence-corrected chi connectivity index (χ2v) is 7.70. The lowest BCUT2D eigenvalue weighted by atomic mass is 9.55. The Morgan fingerprint density at radius 3 is 2.45 bits per heavy atom. The summed E-state index contributed by atoms with van der Waals surface area (Å²) < 4.78 is 0. The normalized spacial score (nSPS) is 13.7. The number of rotatable bonds is 6. The molecule has 0 bridgehead atoms. The predicted molar refractivity (Wildman–Crippen MR) is 100 cm³/mol. The van der Waals surface area contributed by atoms with Gasteiger partial charge in [0, 0.05) is 12.4 Å². The summed E-state index contributed by atoms with van der Waals surface area (Å²) >= 11 is 0. The Labute approximate surface area is 138 Å². The van der Waals surface area contributed by atoms with E-state index in [1.165, 1.54) is 16.7 Å². The van der Waals surface area contributed by atoms with E-state index in [0.29, 0.717) is 10.8 Å². The van der Waals surface area contributed by atoms with Crippen LogP contribution in [-0.4, -0.2) is 12.3 Å². The van der Waals surface area contributed by atoms with Crippen LogP contribution in [0.5, 0.6) is 0 Å². The monoisotopic (exact) mass is 296 g/mol. The molecule has 0 aromatic carbocycles. The standard InChI is InChI=1S/C20H31BN/c1-8-17(18-11-13-22-14-16(18)2)10-9-12-21-15-20(6,7)19(3,4)5/h8-11,13-14H,12,15H2,1-7H3/b10-9-,17-8+. The summed E-state index contributed by atoms with van der Waals surface area (Å²) in [6.45, 7) is 15.9. The maximum absolute atomic E-state index is 4.16. The van der Waals surface area contributed by atoms with Gasteiger partial charge in [-0.05, 0) is 47.4 Å². The largest absolute Gasteiger partial charge is 0.264 e. The van der Waals surface area contributed by atoms with E-state index in [1.54, 1.807) is 0 Å². The molecule has 119 valence electrons. The van der Waals surface area contributed by atoms with Gasteiger partial charge in [-0.2, -0.15) is 0 Å². The molecular weight excluding hydrogens is 265 g/mol. The zero-order chi connectivity index (χ0) is 16.8. The highest BCUT2D eigenvalue weighted by molar-refractivity contribution is 6.36. The summed E-state index contributed by atoms with van der Waals surface area (Å²) in [5.41, 5.74) is 4.41. The molecule has 0 saturated carbocycles. The summed E-state index contributed by atoms with van der Waals surface area (Å²) in [4.78, 5) is 4.16. The van der Waals surface area contributed by atoms with E-state index in [0.717, 1.165) is 12.6 Å². The highest BCUT2D eigenvalue weighted by atomic mass is 14.6. The first-order chi connectivity index (χ1) is 10.2. The van der Waals surface area contributed by atoms with Crippen LogP contribution in [0.15, 0.2) is 36.7 Å². The molecule has 1 rings (SSSR count). The molecule has 0 spiro atoms. The van der Waals surface area contributed by atoms with Gasteiger partial charge in [-0.15, -0.1) is 0 Å². The molecule has 0 amide bonds. The van der Waals surface area contributed by atoms with Crippen molar-refractivity contribution in [2.75, 3.05) is 0 Å². The van der Waals surface area contributed by atoms with Crippen molar-refractivity contribution in [3.63, 3.8) is 0 Å². The van der Waals surface area contributed by atoms with Crippen LogP contribution in [0.4, 0.5) is 0 Å². The molecular formula is C20H31BN. The number of hydrogen-bond acceptors (Lipinski definition) is 1. The van der Waals surface area contributed by atoms with Crippen LogP contribution in [0.1, 0.15) is 52.7 Å². The molecule has 1 aromatic rings. The van der Waals surface area contributed by atoms with Crippen LogP contribution < -0.4 is 0 Å². The fourth-order valence-electron chi connectivity index (χ4n) is 2.18. The number of aryl methyl sites for hydroxylation is 1. The van der Waals surface area contributed by atoms with Crippen molar-refractivity contribution in [1.29, 1.82) is 0 Å². The van der Waals surface area contributed by atoms with Gasteiger partial charge in [-0.1, -0.05) is 65.5 Å². The van der Waals surface area contributed by atoms with Gasteiger partial charge < -0.3 is 0 Å². The molecule has 0 aliphatic heterocycles. The van der Waals surface area contributed by atoms with Crippen LogP contribution in [0.25, 0.3) is 5.57 Å². The van der Waals surface area contributed by atoms with Crippen molar-refractivity contribution in [2.45, 2.75) is 61.1 Å². The van der Waals surface area contributed by atoms with Crippen molar-refractivity contribution in [2.24, 2.45) is 10.8 Å². The van der Waals surface area contributed by atoms with E-state index in [-0.39, 0.29) is 0 Å². The van der Waals surface area contributed by atoms with Crippen molar-refractivity contribution in [3.05, 3.63) is 47.8 Å². The zero-order valence-electron chi connectivity index (χ0n) is 15.4. The first kappa shape index (κ1) is 18.7. The summed E-state index contributed by atoms with van der Waals surface area (Å²) in [5.74, 6) is 0. The second-order valence-electron chi connectivity index (χ2n) is 7.70. The van der Waals surface area contributed by atoms with Gasteiger partial charge in [-0.25, -0.2) is 0 Å². The van der Waals surface area contributed by atoms with E-state index in [1.807, 2.05) is 12.4 Å². The molecule has 0 N–H and O–H groups in total. The van der Waals surface area contributed by atoms with Gasteiger partial charge in [0.25, 0.3) is 0 Å². The first-order valence-electron chi connectivity index (χ1n) is 8.24. The molecule has 1 radical (unpaired) electrons. The Morgan fingerprint density at radius 2 is 1.91 bits per heavy atom. The van der Waals surface area contributed by atoms with E-state index < -0.39 is 0 Å². The highest BCUT2D eigenvalue weighted by Crippen LogP contribution is 2.41. The van der Waals surface area contributed by atoms with Gasteiger partial charge in [0.2, 0.25) is 0 Å². The fourth-order valence-corrected chi connectivity index (χ4v) is 2.18. The molecule has 1 heterocycles. The van der Waals surface area contributed by atoms with Crippen LogP contribution in [-0.2, 0) is 0 Å². The molecule has 1 aromatic heterocycles. The number of allylic oxidation sites excluding steroid dienone is 4. The molecule has 0 aliphatic rings. The van der Waals surface area contributed by atoms with E-state index in [9.17, 15) is 0 Å².